The molecule has 0 atom stereocenters. The van der Waals surface area contributed by atoms with Gasteiger partial charge < -0.3 is 10.3 Å². The molecule has 15 heavy (non-hydrogen) atoms. The van der Waals surface area contributed by atoms with Gasteiger partial charge in [0.15, 0.2) is 0 Å². The number of nitrogens with one attached hydrogen (secondary N) is 2. The minimum atomic E-state index is 0.734. The minimum Gasteiger partial charge on any atom is -0.378 e. The Balaban J connectivity index is 2.06. The van der Waals surface area contributed by atoms with Gasteiger partial charge in [0.2, 0.25) is 0 Å². The van der Waals surface area contributed by atoms with Gasteiger partial charge in [-0.25, -0.2) is 4.98 Å². The van der Waals surface area contributed by atoms with E-state index in [9.17, 15) is 0 Å². The highest BCUT2D eigenvalue weighted by Gasteiger charge is 2.01. The van der Waals surface area contributed by atoms with Crippen LogP contribution in [0.4, 0.5) is 5.69 Å². The Morgan fingerprint density at radius 2 is 2.20 bits per heavy atom. The van der Waals surface area contributed by atoms with Crippen molar-refractivity contribution >= 4 is 21.6 Å². The van der Waals surface area contributed by atoms with E-state index in [0.29, 0.717) is 0 Å². The van der Waals surface area contributed by atoms with E-state index in [1.165, 1.54) is 0 Å². The quantitative estimate of drug-likeness (QED) is 0.896. The Kier molecular flexibility index (Phi) is 3.06. The van der Waals surface area contributed by atoms with Gasteiger partial charge in [-0.15, -0.1) is 0 Å². The zero-order valence-electron chi connectivity index (χ0n) is 8.42. The molecule has 4 heteroatoms. The molecule has 0 unspecified atom stereocenters. The summed E-state index contributed by atoms with van der Waals surface area (Å²) >= 11 is 3.49. The zero-order chi connectivity index (χ0) is 10.7. The molecule has 0 aliphatic carbocycles. The summed E-state index contributed by atoms with van der Waals surface area (Å²) in [6, 6.07) is 8.05. The first-order chi connectivity index (χ1) is 7.27. The first-order valence-corrected chi connectivity index (χ1v) is 5.54. The second-order valence-electron chi connectivity index (χ2n) is 3.31. The minimum absolute atomic E-state index is 0.734. The molecule has 0 aliphatic rings. The number of hydrogen-bond acceptors (Lipinski definition) is 2. The van der Waals surface area contributed by atoms with E-state index in [1.54, 1.807) is 6.33 Å². The number of halogens is 1. The lowest BCUT2D eigenvalue weighted by Crippen LogP contribution is -2.01. The van der Waals surface area contributed by atoms with Gasteiger partial charge in [0.25, 0.3) is 0 Å². The van der Waals surface area contributed by atoms with Crippen LogP contribution in [0.25, 0.3) is 0 Å². The second kappa shape index (κ2) is 4.49. The fourth-order valence-electron chi connectivity index (χ4n) is 1.35. The molecule has 0 amide bonds. The van der Waals surface area contributed by atoms with Crippen molar-refractivity contribution in [1.29, 1.82) is 0 Å². The first kappa shape index (κ1) is 10.2. The summed E-state index contributed by atoms with van der Waals surface area (Å²) in [6.07, 6.45) is 1.71. The predicted molar refractivity (Wildman–Crippen MR) is 64.8 cm³/mol. The van der Waals surface area contributed by atoms with Crippen molar-refractivity contribution in [3.63, 3.8) is 0 Å². The maximum absolute atomic E-state index is 4.23. The van der Waals surface area contributed by atoms with Crippen LogP contribution in [0.3, 0.4) is 0 Å². The molecule has 2 rings (SSSR count). The summed E-state index contributed by atoms with van der Waals surface area (Å²) in [4.78, 5) is 7.28. The molecule has 2 N–H and O–H groups in total. The number of aromatic amines is 1. The van der Waals surface area contributed by atoms with Crippen molar-refractivity contribution in [2.24, 2.45) is 0 Å². The van der Waals surface area contributed by atoms with E-state index in [1.807, 2.05) is 31.2 Å². The van der Waals surface area contributed by atoms with E-state index in [2.05, 4.69) is 31.2 Å². The standard InChI is InChI=1S/C11H12BrN3/c1-8-11(15-7-14-8)6-13-10-5-3-2-4-9(10)12/h2-5,7,13H,6H2,1H3,(H,14,15). The topological polar surface area (TPSA) is 40.7 Å². The van der Waals surface area contributed by atoms with Crippen LogP contribution in [0.2, 0.25) is 0 Å². The summed E-state index contributed by atoms with van der Waals surface area (Å²) in [6.45, 7) is 2.75. The number of hydrogen-bond donors (Lipinski definition) is 2. The third-order valence-electron chi connectivity index (χ3n) is 2.25. The maximum Gasteiger partial charge on any atom is 0.0925 e. The van der Waals surface area contributed by atoms with Crippen molar-refractivity contribution in [3.8, 4) is 0 Å². The monoisotopic (exact) mass is 265 g/mol. The van der Waals surface area contributed by atoms with E-state index >= 15 is 0 Å². The number of aromatic nitrogens is 2. The lowest BCUT2D eigenvalue weighted by Gasteiger charge is -2.06. The second-order valence-corrected chi connectivity index (χ2v) is 4.16. The first-order valence-electron chi connectivity index (χ1n) is 4.74. The van der Waals surface area contributed by atoms with Gasteiger partial charge in [0, 0.05) is 15.9 Å². The van der Waals surface area contributed by atoms with E-state index in [0.717, 1.165) is 28.1 Å². The molecule has 0 saturated carbocycles. The maximum atomic E-state index is 4.23. The SMILES string of the molecule is Cc1[nH]cnc1CNc1ccccc1Br. The van der Waals surface area contributed by atoms with E-state index in [-0.39, 0.29) is 0 Å². The molecule has 3 nitrogen and oxygen atoms in total. The van der Waals surface area contributed by atoms with Crippen LogP contribution in [0.5, 0.6) is 0 Å². The normalized spacial score (nSPS) is 10.3. The molecule has 1 heterocycles. The van der Waals surface area contributed by atoms with Crippen molar-refractivity contribution in [3.05, 3.63) is 46.5 Å². The average molecular weight is 266 g/mol. The van der Waals surface area contributed by atoms with E-state index < -0.39 is 0 Å². The third kappa shape index (κ3) is 2.39. The lowest BCUT2D eigenvalue weighted by atomic mass is 10.3. The number of benzene rings is 1. The van der Waals surface area contributed by atoms with Crippen molar-refractivity contribution in [1.82, 2.24) is 9.97 Å². The summed E-state index contributed by atoms with van der Waals surface area (Å²) in [5.41, 5.74) is 3.24. The zero-order valence-corrected chi connectivity index (χ0v) is 10.0. The highest BCUT2D eigenvalue weighted by atomic mass is 79.9. The lowest BCUT2D eigenvalue weighted by molar-refractivity contribution is 1.05. The van der Waals surface area contributed by atoms with Crippen LogP contribution in [0.15, 0.2) is 35.1 Å². The molecule has 0 spiro atoms. The highest BCUT2D eigenvalue weighted by Crippen LogP contribution is 2.21. The Morgan fingerprint density at radius 1 is 1.40 bits per heavy atom. The van der Waals surface area contributed by atoms with Crippen molar-refractivity contribution in [2.75, 3.05) is 5.32 Å². The molecule has 0 fully saturated rings. The van der Waals surface area contributed by atoms with Gasteiger partial charge in [-0.05, 0) is 35.0 Å². The van der Waals surface area contributed by atoms with Gasteiger partial charge in [-0.2, -0.15) is 0 Å². The van der Waals surface area contributed by atoms with Crippen LogP contribution in [0, 0.1) is 6.92 Å². The summed E-state index contributed by atoms with van der Waals surface area (Å²) < 4.78 is 1.07. The predicted octanol–water partition coefficient (Wildman–Crippen LogP) is 3.09. The molecule has 1 aromatic carbocycles. The van der Waals surface area contributed by atoms with Gasteiger partial charge in [0.1, 0.15) is 0 Å². The fraction of sp³-hybridized carbons (Fsp3) is 0.182. The molecule has 0 radical (unpaired) electrons. The summed E-state index contributed by atoms with van der Waals surface area (Å²) in [7, 11) is 0. The van der Waals surface area contributed by atoms with Crippen LogP contribution < -0.4 is 5.32 Å². The Morgan fingerprint density at radius 3 is 2.87 bits per heavy atom. The van der Waals surface area contributed by atoms with Crippen molar-refractivity contribution in [2.45, 2.75) is 13.5 Å². The molecule has 0 aliphatic heterocycles. The van der Waals surface area contributed by atoms with Gasteiger partial charge in [-0.3, -0.25) is 0 Å². The number of rotatable bonds is 3. The molecule has 1 aromatic heterocycles. The number of anilines is 1. The largest absolute Gasteiger partial charge is 0.378 e. The fourth-order valence-corrected chi connectivity index (χ4v) is 1.77. The summed E-state index contributed by atoms with van der Waals surface area (Å²) in [5.74, 6) is 0. The molecule has 2 aromatic rings. The number of H-pyrrole nitrogens is 1. The van der Waals surface area contributed by atoms with Crippen LogP contribution in [-0.2, 0) is 6.54 Å². The summed E-state index contributed by atoms with van der Waals surface area (Å²) in [5, 5.41) is 3.33. The molecular weight excluding hydrogens is 254 g/mol. The van der Waals surface area contributed by atoms with Crippen LogP contribution in [-0.4, -0.2) is 9.97 Å². The molecule has 0 bridgehead atoms. The molecular formula is C11H12BrN3. The van der Waals surface area contributed by atoms with E-state index in [4.69, 9.17) is 0 Å². The molecule has 78 valence electrons. The number of nitrogens with zero attached hydrogens (tertiary/aromatic N) is 1. The van der Waals surface area contributed by atoms with Gasteiger partial charge in [0.05, 0.1) is 18.6 Å². The number of imidazole rings is 1. The third-order valence-corrected chi connectivity index (χ3v) is 2.95. The number of aryl methyl sites for hydroxylation is 1. The number of para-hydroxylation sites is 1. The smallest absolute Gasteiger partial charge is 0.0925 e. The van der Waals surface area contributed by atoms with Gasteiger partial charge >= 0.3 is 0 Å². The average Bonchev–Trinajstić information content (AvgIpc) is 2.63. The van der Waals surface area contributed by atoms with Crippen LogP contribution >= 0.6 is 15.9 Å². The Labute approximate surface area is 97.1 Å². The molecule has 0 saturated heterocycles. The van der Waals surface area contributed by atoms with Crippen molar-refractivity contribution < 1.29 is 0 Å². The Hall–Kier alpha value is -1.29. The van der Waals surface area contributed by atoms with Crippen LogP contribution in [0.1, 0.15) is 11.4 Å². The Bertz CT molecular complexity index is 451. The van der Waals surface area contributed by atoms with Gasteiger partial charge in [-0.1, -0.05) is 12.1 Å². The highest BCUT2D eigenvalue weighted by molar-refractivity contribution is 9.10.